The van der Waals surface area contributed by atoms with Crippen molar-refractivity contribution in [2.45, 2.75) is 59.5 Å². The van der Waals surface area contributed by atoms with E-state index < -0.39 is 5.41 Å². The van der Waals surface area contributed by atoms with E-state index in [1.54, 1.807) is 0 Å². The Kier molecular flexibility index (Phi) is 9.50. The standard InChI is InChI=1S/C16H32N2O2.ClH/c1-5-16(6-2,11-17)15(19)18-10-13-8-7-9-20-14(13)12(3)4;/h12-14H,5-11,17H2,1-4H3,(H,18,19);1H. The summed E-state index contributed by atoms with van der Waals surface area (Å²) in [7, 11) is 0. The highest BCUT2D eigenvalue weighted by Crippen LogP contribution is 2.28. The molecular formula is C16H33ClN2O2. The maximum atomic E-state index is 12.4. The molecule has 0 spiro atoms. The van der Waals surface area contributed by atoms with Crippen molar-refractivity contribution in [3.8, 4) is 0 Å². The molecule has 2 atom stereocenters. The Morgan fingerprint density at radius 3 is 2.48 bits per heavy atom. The lowest BCUT2D eigenvalue weighted by Gasteiger charge is -2.36. The smallest absolute Gasteiger partial charge is 0.227 e. The van der Waals surface area contributed by atoms with Crippen molar-refractivity contribution in [2.75, 3.05) is 19.7 Å². The molecule has 1 aliphatic rings. The van der Waals surface area contributed by atoms with Gasteiger partial charge in [-0.25, -0.2) is 0 Å². The number of carbonyl (C=O) groups excluding carboxylic acids is 1. The summed E-state index contributed by atoms with van der Waals surface area (Å²) in [4.78, 5) is 12.4. The fraction of sp³-hybridized carbons (Fsp3) is 0.938. The molecule has 0 radical (unpaired) electrons. The molecule has 1 aliphatic heterocycles. The zero-order chi connectivity index (χ0) is 15.2. The number of halogens is 1. The lowest BCUT2D eigenvalue weighted by atomic mass is 9.81. The Morgan fingerprint density at radius 1 is 1.38 bits per heavy atom. The number of carbonyl (C=O) groups is 1. The second-order valence-electron chi connectivity index (χ2n) is 6.38. The maximum absolute atomic E-state index is 12.4. The molecule has 0 aromatic rings. The predicted molar refractivity (Wildman–Crippen MR) is 89.6 cm³/mol. The Bertz CT molecular complexity index is 298. The van der Waals surface area contributed by atoms with Crippen molar-refractivity contribution in [3.63, 3.8) is 0 Å². The highest BCUT2D eigenvalue weighted by molar-refractivity contribution is 5.85. The van der Waals surface area contributed by atoms with Crippen molar-refractivity contribution in [1.82, 2.24) is 5.32 Å². The summed E-state index contributed by atoms with van der Waals surface area (Å²) in [5.74, 6) is 1.03. The molecule has 4 nitrogen and oxygen atoms in total. The minimum Gasteiger partial charge on any atom is -0.378 e. The van der Waals surface area contributed by atoms with Crippen LogP contribution >= 0.6 is 12.4 Å². The van der Waals surface area contributed by atoms with Crippen molar-refractivity contribution in [2.24, 2.45) is 23.0 Å². The molecule has 0 bridgehead atoms. The lowest BCUT2D eigenvalue weighted by molar-refractivity contribution is -0.132. The Hall–Kier alpha value is -0.320. The molecule has 1 amide bonds. The maximum Gasteiger partial charge on any atom is 0.227 e. The third-order valence-corrected chi connectivity index (χ3v) is 4.90. The van der Waals surface area contributed by atoms with Crippen LogP contribution in [0.3, 0.4) is 0 Å². The quantitative estimate of drug-likeness (QED) is 0.758. The first-order valence-electron chi connectivity index (χ1n) is 8.10. The van der Waals surface area contributed by atoms with Gasteiger partial charge in [0, 0.05) is 25.6 Å². The summed E-state index contributed by atoms with van der Waals surface area (Å²) >= 11 is 0. The van der Waals surface area contributed by atoms with Crippen molar-refractivity contribution >= 4 is 18.3 Å². The summed E-state index contributed by atoms with van der Waals surface area (Å²) < 4.78 is 5.87. The van der Waals surface area contributed by atoms with E-state index in [2.05, 4.69) is 19.2 Å². The van der Waals surface area contributed by atoms with Gasteiger partial charge in [-0.2, -0.15) is 0 Å². The van der Waals surface area contributed by atoms with E-state index >= 15 is 0 Å². The van der Waals surface area contributed by atoms with E-state index in [0.717, 1.165) is 32.3 Å². The van der Waals surface area contributed by atoms with Gasteiger partial charge in [-0.05, 0) is 31.6 Å². The highest BCUT2D eigenvalue weighted by atomic mass is 35.5. The number of ether oxygens (including phenoxy) is 1. The van der Waals surface area contributed by atoms with Crippen LogP contribution < -0.4 is 11.1 Å². The monoisotopic (exact) mass is 320 g/mol. The molecule has 0 aromatic carbocycles. The van der Waals surface area contributed by atoms with E-state index in [-0.39, 0.29) is 24.4 Å². The van der Waals surface area contributed by atoms with Crippen molar-refractivity contribution in [1.29, 1.82) is 0 Å². The van der Waals surface area contributed by atoms with E-state index in [0.29, 0.717) is 24.9 Å². The van der Waals surface area contributed by atoms with E-state index in [4.69, 9.17) is 10.5 Å². The molecule has 126 valence electrons. The Balaban J connectivity index is 0.00000400. The Morgan fingerprint density at radius 2 is 2.00 bits per heavy atom. The van der Waals surface area contributed by atoms with Gasteiger partial charge in [-0.3, -0.25) is 4.79 Å². The molecular weight excluding hydrogens is 288 g/mol. The molecule has 0 aliphatic carbocycles. The van der Waals surface area contributed by atoms with Gasteiger partial charge in [-0.15, -0.1) is 12.4 Å². The molecule has 3 N–H and O–H groups in total. The number of rotatable bonds is 7. The van der Waals surface area contributed by atoms with Crippen LogP contribution in [0.2, 0.25) is 0 Å². The fourth-order valence-electron chi connectivity index (χ4n) is 3.18. The fourth-order valence-corrected chi connectivity index (χ4v) is 3.18. The molecule has 0 aromatic heterocycles. The van der Waals surface area contributed by atoms with E-state index in [1.165, 1.54) is 0 Å². The van der Waals surface area contributed by atoms with E-state index in [9.17, 15) is 4.79 Å². The average Bonchev–Trinajstić information content (AvgIpc) is 2.47. The van der Waals surface area contributed by atoms with Crippen LogP contribution in [-0.2, 0) is 9.53 Å². The van der Waals surface area contributed by atoms with Gasteiger partial charge >= 0.3 is 0 Å². The summed E-state index contributed by atoms with van der Waals surface area (Å²) in [6.07, 6.45) is 4.07. The van der Waals surface area contributed by atoms with Gasteiger partial charge in [0.25, 0.3) is 0 Å². The van der Waals surface area contributed by atoms with Crippen LogP contribution in [0.15, 0.2) is 0 Å². The third-order valence-electron chi connectivity index (χ3n) is 4.90. The zero-order valence-electron chi connectivity index (χ0n) is 14.0. The van der Waals surface area contributed by atoms with Gasteiger partial charge in [0.2, 0.25) is 5.91 Å². The molecule has 2 unspecified atom stereocenters. The largest absolute Gasteiger partial charge is 0.378 e. The number of nitrogens with one attached hydrogen (secondary N) is 1. The molecule has 0 saturated carbocycles. The van der Waals surface area contributed by atoms with Crippen LogP contribution in [0.4, 0.5) is 0 Å². The second kappa shape index (κ2) is 9.65. The third kappa shape index (κ3) is 5.11. The minimum atomic E-state index is -0.400. The molecule has 5 heteroatoms. The Labute approximate surface area is 136 Å². The first-order chi connectivity index (χ1) is 9.50. The van der Waals surface area contributed by atoms with Gasteiger partial charge in [-0.1, -0.05) is 27.7 Å². The highest BCUT2D eigenvalue weighted by Gasteiger charge is 2.35. The van der Waals surface area contributed by atoms with Crippen LogP contribution in [0, 0.1) is 17.3 Å². The summed E-state index contributed by atoms with van der Waals surface area (Å²) in [6, 6.07) is 0. The normalized spacial score (nSPS) is 22.8. The zero-order valence-corrected chi connectivity index (χ0v) is 14.8. The molecule has 21 heavy (non-hydrogen) atoms. The molecule has 1 saturated heterocycles. The van der Waals surface area contributed by atoms with Gasteiger partial charge in [0.15, 0.2) is 0 Å². The van der Waals surface area contributed by atoms with Crippen LogP contribution in [-0.4, -0.2) is 31.7 Å². The van der Waals surface area contributed by atoms with Crippen LogP contribution in [0.25, 0.3) is 0 Å². The van der Waals surface area contributed by atoms with Gasteiger partial charge in [0.05, 0.1) is 11.5 Å². The topological polar surface area (TPSA) is 64.4 Å². The second-order valence-corrected chi connectivity index (χ2v) is 6.38. The van der Waals surface area contributed by atoms with Gasteiger partial charge < -0.3 is 15.8 Å². The lowest BCUT2D eigenvalue weighted by Crippen LogP contribution is -2.48. The first kappa shape index (κ1) is 20.7. The molecule has 1 rings (SSSR count). The number of hydrogen-bond donors (Lipinski definition) is 2. The van der Waals surface area contributed by atoms with Crippen LogP contribution in [0.1, 0.15) is 53.4 Å². The number of amides is 1. The first-order valence-corrected chi connectivity index (χ1v) is 8.10. The summed E-state index contributed by atoms with van der Waals surface area (Å²) in [6.45, 7) is 10.4. The summed E-state index contributed by atoms with van der Waals surface area (Å²) in [5, 5.41) is 3.13. The number of nitrogens with two attached hydrogens (primary N) is 1. The number of hydrogen-bond acceptors (Lipinski definition) is 3. The minimum absolute atomic E-state index is 0. The SMILES string of the molecule is CCC(CC)(CN)C(=O)NCC1CCCOC1C(C)C.Cl. The van der Waals surface area contributed by atoms with Gasteiger partial charge in [0.1, 0.15) is 0 Å². The van der Waals surface area contributed by atoms with Crippen molar-refractivity contribution in [3.05, 3.63) is 0 Å². The van der Waals surface area contributed by atoms with Crippen molar-refractivity contribution < 1.29 is 9.53 Å². The predicted octanol–water partition coefficient (Wildman–Crippen LogP) is 2.74. The summed E-state index contributed by atoms with van der Waals surface area (Å²) in [5.41, 5.74) is 5.43. The molecule has 1 heterocycles. The average molecular weight is 321 g/mol. The molecule has 1 fully saturated rings. The van der Waals surface area contributed by atoms with E-state index in [1.807, 2.05) is 13.8 Å². The van der Waals surface area contributed by atoms with Crippen LogP contribution in [0.5, 0.6) is 0 Å².